The molecule has 0 aromatic heterocycles. The van der Waals surface area contributed by atoms with E-state index in [1.54, 1.807) is 12.1 Å². The van der Waals surface area contributed by atoms with Crippen molar-refractivity contribution < 1.29 is 4.92 Å². The van der Waals surface area contributed by atoms with Crippen LogP contribution in [-0.2, 0) is 0 Å². The van der Waals surface area contributed by atoms with Gasteiger partial charge in [0.1, 0.15) is 5.69 Å². The molecule has 0 spiro atoms. The number of benzene rings is 1. The van der Waals surface area contributed by atoms with Gasteiger partial charge < -0.3 is 11.1 Å². The second-order valence-corrected chi connectivity index (χ2v) is 3.99. The molecular weight excluding hydrogens is 230 g/mol. The number of halogens is 1. The van der Waals surface area contributed by atoms with Gasteiger partial charge in [-0.3, -0.25) is 10.1 Å². The fourth-order valence-corrected chi connectivity index (χ4v) is 1.50. The van der Waals surface area contributed by atoms with E-state index in [-0.39, 0.29) is 11.7 Å². The Morgan fingerprint density at radius 3 is 2.88 bits per heavy atom. The summed E-state index contributed by atoms with van der Waals surface area (Å²) in [6.07, 6.45) is 0.725. The standard InChI is InChI=1S/C10H14ClN3O2/c1-7(12)5-6-13-10-8(11)3-2-4-9(10)14(15)16/h2-4,7,13H,5-6,12H2,1H3. The number of nitrogens with one attached hydrogen (secondary N) is 1. The monoisotopic (exact) mass is 243 g/mol. The van der Waals surface area contributed by atoms with Crippen LogP contribution in [0.1, 0.15) is 13.3 Å². The van der Waals surface area contributed by atoms with Crippen LogP contribution in [0.2, 0.25) is 5.02 Å². The number of nitro groups is 1. The molecule has 1 atom stereocenters. The number of anilines is 1. The van der Waals surface area contributed by atoms with Crippen molar-refractivity contribution in [1.29, 1.82) is 0 Å². The second-order valence-electron chi connectivity index (χ2n) is 3.58. The van der Waals surface area contributed by atoms with E-state index in [0.717, 1.165) is 6.42 Å². The van der Waals surface area contributed by atoms with E-state index in [4.69, 9.17) is 17.3 Å². The lowest BCUT2D eigenvalue weighted by atomic mass is 10.2. The smallest absolute Gasteiger partial charge is 0.293 e. The van der Waals surface area contributed by atoms with Crippen molar-refractivity contribution in [3.63, 3.8) is 0 Å². The maximum Gasteiger partial charge on any atom is 0.293 e. The number of hydrogen-bond donors (Lipinski definition) is 2. The molecule has 1 aromatic carbocycles. The minimum atomic E-state index is -0.458. The van der Waals surface area contributed by atoms with E-state index in [1.165, 1.54) is 6.07 Å². The molecule has 0 saturated heterocycles. The Kier molecular flexibility index (Phi) is 4.52. The van der Waals surface area contributed by atoms with Crippen LogP contribution in [0.25, 0.3) is 0 Å². The van der Waals surface area contributed by atoms with Gasteiger partial charge in [0.25, 0.3) is 5.69 Å². The summed E-state index contributed by atoms with van der Waals surface area (Å²) in [5.74, 6) is 0. The third kappa shape index (κ3) is 3.36. The largest absolute Gasteiger partial charge is 0.378 e. The van der Waals surface area contributed by atoms with E-state index in [1.807, 2.05) is 6.92 Å². The number of para-hydroxylation sites is 1. The third-order valence-corrected chi connectivity index (χ3v) is 2.40. The van der Waals surface area contributed by atoms with Crippen LogP contribution < -0.4 is 11.1 Å². The molecule has 5 nitrogen and oxygen atoms in total. The molecule has 0 saturated carbocycles. The van der Waals surface area contributed by atoms with Gasteiger partial charge in [-0.2, -0.15) is 0 Å². The predicted molar refractivity (Wildman–Crippen MR) is 64.9 cm³/mol. The van der Waals surface area contributed by atoms with Crippen molar-refractivity contribution in [3.8, 4) is 0 Å². The summed E-state index contributed by atoms with van der Waals surface area (Å²) in [6, 6.07) is 4.63. The molecule has 16 heavy (non-hydrogen) atoms. The van der Waals surface area contributed by atoms with Crippen LogP contribution in [0.4, 0.5) is 11.4 Å². The van der Waals surface area contributed by atoms with Gasteiger partial charge in [-0.1, -0.05) is 17.7 Å². The van der Waals surface area contributed by atoms with Crippen LogP contribution in [-0.4, -0.2) is 17.5 Å². The van der Waals surface area contributed by atoms with Gasteiger partial charge in [0, 0.05) is 18.7 Å². The van der Waals surface area contributed by atoms with Gasteiger partial charge >= 0.3 is 0 Å². The molecule has 1 unspecified atom stereocenters. The van der Waals surface area contributed by atoms with Crippen molar-refractivity contribution in [3.05, 3.63) is 33.3 Å². The Balaban J connectivity index is 2.80. The van der Waals surface area contributed by atoms with Crippen LogP contribution in [0.5, 0.6) is 0 Å². The summed E-state index contributed by atoms with van der Waals surface area (Å²) < 4.78 is 0. The lowest BCUT2D eigenvalue weighted by Gasteiger charge is -2.10. The zero-order valence-electron chi connectivity index (χ0n) is 8.94. The molecule has 1 aromatic rings. The molecule has 0 aliphatic heterocycles. The Morgan fingerprint density at radius 1 is 1.62 bits per heavy atom. The van der Waals surface area contributed by atoms with E-state index in [9.17, 15) is 10.1 Å². The summed E-state index contributed by atoms with van der Waals surface area (Å²) >= 11 is 5.89. The summed E-state index contributed by atoms with van der Waals surface area (Å²) in [6.45, 7) is 2.44. The minimum absolute atomic E-state index is 0.0165. The van der Waals surface area contributed by atoms with Gasteiger partial charge in [-0.25, -0.2) is 0 Å². The molecule has 0 heterocycles. The van der Waals surface area contributed by atoms with Crippen molar-refractivity contribution in [2.45, 2.75) is 19.4 Å². The van der Waals surface area contributed by atoms with Crippen molar-refractivity contribution in [2.75, 3.05) is 11.9 Å². The first-order valence-corrected chi connectivity index (χ1v) is 5.32. The zero-order chi connectivity index (χ0) is 12.1. The summed E-state index contributed by atoms with van der Waals surface area (Å²) in [5, 5.41) is 14.0. The molecule has 0 fully saturated rings. The number of nitrogens with two attached hydrogens (primary N) is 1. The maximum atomic E-state index is 10.8. The number of rotatable bonds is 5. The van der Waals surface area contributed by atoms with Crippen LogP contribution >= 0.6 is 11.6 Å². The molecular formula is C10H14ClN3O2. The van der Waals surface area contributed by atoms with Gasteiger partial charge in [0.2, 0.25) is 0 Å². The summed E-state index contributed by atoms with van der Waals surface area (Å²) in [5.41, 5.74) is 5.93. The maximum absolute atomic E-state index is 10.8. The molecule has 3 N–H and O–H groups in total. The predicted octanol–water partition coefficient (Wildman–Crippen LogP) is 2.40. The highest BCUT2D eigenvalue weighted by molar-refractivity contribution is 6.33. The molecule has 0 bridgehead atoms. The summed E-state index contributed by atoms with van der Waals surface area (Å²) in [7, 11) is 0. The molecule has 0 aliphatic rings. The van der Waals surface area contributed by atoms with Crippen LogP contribution in [0.3, 0.4) is 0 Å². The highest BCUT2D eigenvalue weighted by atomic mass is 35.5. The zero-order valence-corrected chi connectivity index (χ0v) is 9.70. The van der Waals surface area contributed by atoms with E-state index < -0.39 is 4.92 Å². The fraction of sp³-hybridized carbons (Fsp3) is 0.400. The first kappa shape index (κ1) is 12.7. The lowest BCUT2D eigenvalue weighted by Crippen LogP contribution is -2.19. The van der Waals surface area contributed by atoms with E-state index in [2.05, 4.69) is 5.32 Å². The van der Waals surface area contributed by atoms with Gasteiger partial charge in [-0.05, 0) is 19.4 Å². The van der Waals surface area contributed by atoms with Gasteiger partial charge in [0.05, 0.1) is 9.95 Å². The molecule has 6 heteroatoms. The Morgan fingerprint density at radius 2 is 2.31 bits per heavy atom. The van der Waals surface area contributed by atoms with Crippen molar-refractivity contribution in [1.82, 2.24) is 0 Å². The second kappa shape index (κ2) is 5.67. The van der Waals surface area contributed by atoms with Crippen molar-refractivity contribution >= 4 is 23.0 Å². The SMILES string of the molecule is CC(N)CCNc1c(Cl)cccc1[N+](=O)[O-]. The van der Waals surface area contributed by atoms with Crippen molar-refractivity contribution in [2.24, 2.45) is 5.73 Å². The number of nitro benzene ring substituents is 1. The molecule has 0 radical (unpaired) electrons. The van der Waals surface area contributed by atoms with Crippen LogP contribution in [0, 0.1) is 10.1 Å². The molecule has 0 amide bonds. The van der Waals surface area contributed by atoms with E-state index in [0.29, 0.717) is 17.3 Å². The summed E-state index contributed by atoms with van der Waals surface area (Å²) in [4.78, 5) is 10.3. The molecule has 88 valence electrons. The van der Waals surface area contributed by atoms with Gasteiger partial charge in [0.15, 0.2) is 0 Å². The normalized spacial score (nSPS) is 12.2. The minimum Gasteiger partial charge on any atom is -0.378 e. The first-order chi connectivity index (χ1) is 7.52. The highest BCUT2D eigenvalue weighted by Crippen LogP contribution is 2.31. The Labute approximate surface area is 98.7 Å². The van der Waals surface area contributed by atoms with Crippen LogP contribution in [0.15, 0.2) is 18.2 Å². The number of nitrogens with zero attached hydrogens (tertiary/aromatic N) is 1. The quantitative estimate of drug-likeness (QED) is 0.615. The molecule has 0 aliphatic carbocycles. The highest BCUT2D eigenvalue weighted by Gasteiger charge is 2.15. The third-order valence-electron chi connectivity index (χ3n) is 2.09. The topological polar surface area (TPSA) is 81.2 Å². The lowest BCUT2D eigenvalue weighted by molar-refractivity contribution is -0.383. The Bertz CT molecular complexity index is 382. The average molecular weight is 244 g/mol. The average Bonchev–Trinajstić information content (AvgIpc) is 2.19. The van der Waals surface area contributed by atoms with E-state index >= 15 is 0 Å². The van der Waals surface area contributed by atoms with Gasteiger partial charge in [-0.15, -0.1) is 0 Å². The molecule has 1 rings (SSSR count). The Hall–Kier alpha value is -1.33. The fourth-order valence-electron chi connectivity index (χ4n) is 1.26. The number of hydrogen-bond acceptors (Lipinski definition) is 4. The first-order valence-electron chi connectivity index (χ1n) is 4.94.